The smallest absolute Gasteiger partial charge is 0.274 e. The number of nitrogens with zero attached hydrogens (tertiary/aromatic N) is 6. The fourth-order valence-corrected chi connectivity index (χ4v) is 2.91. The summed E-state index contributed by atoms with van der Waals surface area (Å²) in [5.74, 6) is 2.56. The Morgan fingerprint density at radius 1 is 1.07 bits per heavy atom. The van der Waals surface area contributed by atoms with Gasteiger partial charge in [-0.1, -0.05) is 11.2 Å². The molecule has 1 N–H and O–H groups in total. The van der Waals surface area contributed by atoms with Gasteiger partial charge in [-0.15, -0.1) is 10.2 Å². The van der Waals surface area contributed by atoms with Gasteiger partial charge in [0, 0.05) is 38.4 Å². The van der Waals surface area contributed by atoms with E-state index in [9.17, 15) is 4.79 Å². The van der Waals surface area contributed by atoms with Gasteiger partial charge in [0.15, 0.2) is 17.3 Å². The first kappa shape index (κ1) is 17.0. The Morgan fingerprint density at radius 3 is 2.56 bits per heavy atom. The number of anilines is 3. The second-order valence-corrected chi connectivity index (χ2v) is 6.22. The molecular formula is C18H19N7O2. The summed E-state index contributed by atoms with van der Waals surface area (Å²) in [6.45, 7) is 4.52. The van der Waals surface area contributed by atoms with Gasteiger partial charge in [0.25, 0.3) is 5.91 Å². The Hall–Kier alpha value is -3.49. The van der Waals surface area contributed by atoms with E-state index in [0.29, 0.717) is 36.2 Å². The zero-order valence-corrected chi connectivity index (χ0v) is 14.9. The topological polar surface area (TPSA) is 100 Å². The van der Waals surface area contributed by atoms with Crippen LogP contribution in [0.3, 0.4) is 0 Å². The summed E-state index contributed by atoms with van der Waals surface area (Å²) in [4.78, 5) is 21.0. The van der Waals surface area contributed by atoms with Crippen LogP contribution in [0.2, 0.25) is 0 Å². The summed E-state index contributed by atoms with van der Waals surface area (Å²) in [7, 11) is 0. The van der Waals surface area contributed by atoms with Gasteiger partial charge >= 0.3 is 0 Å². The highest BCUT2D eigenvalue weighted by Gasteiger charge is 2.23. The SMILES string of the molecule is Cc1cc(Nc2ccc(C(=O)N3CCN(c4ccccn4)CC3)nn2)no1. The standard InChI is InChI=1S/C18H19N7O2/c1-13-12-16(23-27-13)20-15-6-5-14(21-22-15)18(26)25-10-8-24(9-11-25)17-4-2-3-7-19-17/h2-7,12H,8-11H2,1H3,(H,20,22,23). The van der Waals surface area contributed by atoms with Crippen molar-refractivity contribution in [3.63, 3.8) is 0 Å². The third-order valence-electron chi connectivity index (χ3n) is 4.31. The summed E-state index contributed by atoms with van der Waals surface area (Å²) in [6.07, 6.45) is 1.78. The highest BCUT2D eigenvalue weighted by atomic mass is 16.5. The number of carbonyl (C=O) groups excluding carboxylic acids is 1. The summed E-state index contributed by atoms with van der Waals surface area (Å²) in [6, 6.07) is 11.0. The van der Waals surface area contributed by atoms with Crippen LogP contribution in [0, 0.1) is 6.92 Å². The molecule has 0 saturated carbocycles. The van der Waals surface area contributed by atoms with Crippen LogP contribution in [-0.4, -0.2) is 57.3 Å². The van der Waals surface area contributed by atoms with Crippen LogP contribution in [-0.2, 0) is 0 Å². The molecule has 1 amide bonds. The zero-order chi connectivity index (χ0) is 18.6. The number of pyridine rings is 1. The van der Waals surface area contributed by atoms with Crippen LogP contribution in [0.5, 0.6) is 0 Å². The van der Waals surface area contributed by atoms with Crippen LogP contribution in [0.15, 0.2) is 47.1 Å². The molecule has 0 bridgehead atoms. The van der Waals surface area contributed by atoms with Gasteiger partial charge < -0.3 is 19.6 Å². The van der Waals surface area contributed by atoms with Crippen molar-refractivity contribution in [2.24, 2.45) is 0 Å². The van der Waals surface area contributed by atoms with Crippen LogP contribution >= 0.6 is 0 Å². The zero-order valence-electron chi connectivity index (χ0n) is 14.9. The van der Waals surface area contributed by atoms with Gasteiger partial charge in [0.05, 0.1) is 0 Å². The molecule has 0 spiro atoms. The van der Waals surface area contributed by atoms with E-state index < -0.39 is 0 Å². The van der Waals surface area contributed by atoms with E-state index in [1.807, 2.05) is 18.2 Å². The number of aromatic nitrogens is 4. The summed E-state index contributed by atoms with van der Waals surface area (Å²) in [5.41, 5.74) is 0.322. The van der Waals surface area contributed by atoms with Crippen molar-refractivity contribution in [1.82, 2.24) is 25.2 Å². The molecule has 9 nitrogen and oxygen atoms in total. The van der Waals surface area contributed by atoms with Crippen LogP contribution in [0.4, 0.5) is 17.5 Å². The monoisotopic (exact) mass is 365 g/mol. The van der Waals surface area contributed by atoms with Crippen molar-refractivity contribution < 1.29 is 9.32 Å². The Balaban J connectivity index is 1.36. The summed E-state index contributed by atoms with van der Waals surface area (Å²) in [5, 5.41) is 14.9. The Kier molecular flexibility index (Phi) is 4.65. The molecule has 1 aliphatic rings. The fourth-order valence-electron chi connectivity index (χ4n) is 2.91. The summed E-state index contributed by atoms with van der Waals surface area (Å²) >= 11 is 0. The van der Waals surface area contributed by atoms with Crippen molar-refractivity contribution >= 4 is 23.4 Å². The normalized spacial score (nSPS) is 14.3. The number of carbonyl (C=O) groups is 1. The minimum absolute atomic E-state index is 0.119. The maximum atomic E-state index is 12.7. The average Bonchev–Trinajstić information content (AvgIpc) is 3.13. The Morgan fingerprint density at radius 2 is 1.93 bits per heavy atom. The first-order chi connectivity index (χ1) is 13.2. The maximum Gasteiger partial charge on any atom is 0.274 e. The predicted octanol–water partition coefficient (Wildman–Crippen LogP) is 1.87. The minimum Gasteiger partial charge on any atom is -0.360 e. The molecule has 0 unspecified atom stereocenters. The van der Waals surface area contributed by atoms with Gasteiger partial charge in [-0.2, -0.15) is 0 Å². The third-order valence-corrected chi connectivity index (χ3v) is 4.31. The first-order valence-corrected chi connectivity index (χ1v) is 8.68. The highest BCUT2D eigenvalue weighted by Crippen LogP contribution is 2.16. The fraction of sp³-hybridized carbons (Fsp3) is 0.278. The summed E-state index contributed by atoms with van der Waals surface area (Å²) < 4.78 is 4.99. The van der Waals surface area contributed by atoms with Crippen molar-refractivity contribution in [2.75, 3.05) is 36.4 Å². The number of hydrogen-bond acceptors (Lipinski definition) is 8. The average molecular weight is 365 g/mol. The lowest BCUT2D eigenvalue weighted by molar-refractivity contribution is 0.0739. The maximum absolute atomic E-state index is 12.7. The van der Waals surface area contributed by atoms with E-state index in [2.05, 4.69) is 30.6 Å². The number of amides is 1. The quantitative estimate of drug-likeness (QED) is 0.748. The Labute approximate surface area is 156 Å². The minimum atomic E-state index is -0.119. The number of aryl methyl sites for hydroxylation is 1. The van der Waals surface area contributed by atoms with Crippen LogP contribution in [0.1, 0.15) is 16.2 Å². The Bertz CT molecular complexity index is 903. The molecule has 1 fully saturated rings. The number of rotatable bonds is 4. The van der Waals surface area contributed by atoms with Crippen molar-refractivity contribution in [1.29, 1.82) is 0 Å². The van der Waals surface area contributed by atoms with Gasteiger partial charge in [0.1, 0.15) is 11.6 Å². The molecule has 0 atom stereocenters. The van der Waals surface area contributed by atoms with Gasteiger partial charge in [-0.05, 0) is 31.2 Å². The molecule has 27 heavy (non-hydrogen) atoms. The molecule has 0 radical (unpaired) electrons. The van der Waals surface area contributed by atoms with E-state index >= 15 is 0 Å². The molecule has 1 saturated heterocycles. The van der Waals surface area contributed by atoms with Gasteiger partial charge in [-0.25, -0.2) is 4.98 Å². The van der Waals surface area contributed by atoms with Crippen molar-refractivity contribution in [2.45, 2.75) is 6.92 Å². The van der Waals surface area contributed by atoms with Gasteiger partial charge in [-0.3, -0.25) is 4.79 Å². The van der Waals surface area contributed by atoms with Crippen LogP contribution in [0.25, 0.3) is 0 Å². The number of nitrogens with one attached hydrogen (secondary N) is 1. The molecule has 0 aromatic carbocycles. The molecule has 138 valence electrons. The highest BCUT2D eigenvalue weighted by molar-refractivity contribution is 5.92. The van der Waals surface area contributed by atoms with Gasteiger partial charge in [0.2, 0.25) is 0 Å². The van der Waals surface area contributed by atoms with Crippen LogP contribution < -0.4 is 10.2 Å². The van der Waals surface area contributed by atoms with E-state index in [0.717, 1.165) is 18.9 Å². The lowest BCUT2D eigenvalue weighted by Crippen LogP contribution is -2.49. The number of piperazine rings is 1. The molecule has 3 aromatic heterocycles. The van der Waals surface area contributed by atoms with Crippen molar-refractivity contribution in [3.05, 3.63) is 54.0 Å². The molecule has 9 heteroatoms. The molecule has 0 aliphatic carbocycles. The molecular weight excluding hydrogens is 346 g/mol. The molecule has 1 aliphatic heterocycles. The second kappa shape index (κ2) is 7.40. The van der Waals surface area contributed by atoms with E-state index in [4.69, 9.17) is 4.52 Å². The van der Waals surface area contributed by atoms with E-state index in [1.54, 1.807) is 36.2 Å². The van der Waals surface area contributed by atoms with E-state index in [-0.39, 0.29) is 5.91 Å². The molecule has 4 heterocycles. The largest absolute Gasteiger partial charge is 0.360 e. The van der Waals surface area contributed by atoms with Crippen molar-refractivity contribution in [3.8, 4) is 0 Å². The third kappa shape index (κ3) is 3.86. The first-order valence-electron chi connectivity index (χ1n) is 8.68. The lowest BCUT2D eigenvalue weighted by Gasteiger charge is -2.35. The number of hydrogen-bond donors (Lipinski definition) is 1. The molecule has 4 rings (SSSR count). The lowest BCUT2D eigenvalue weighted by atomic mass is 10.2. The van der Waals surface area contributed by atoms with E-state index in [1.165, 1.54) is 0 Å². The predicted molar refractivity (Wildman–Crippen MR) is 98.9 cm³/mol. The molecule has 3 aromatic rings. The second-order valence-electron chi connectivity index (χ2n) is 6.22.